The Morgan fingerprint density at radius 2 is 2.15 bits per heavy atom. The number of guanidine groups is 1. The average Bonchev–Trinajstić information content (AvgIpc) is 3.08. The molecular formula is C14H17N5O. The monoisotopic (exact) mass is 271 g/mol. The van der Waals surface area contributed by atoms with Crippen LogP contribution in [0.15, 0.2) is 28.8 Å². The van der Waals surface area contributed by atoms with Crippen molar-refractivity contribution in [3.05, 3.63) is 35.7 Å². The first-order valence-electron chi connectivity index (χ1n) is 6.63. The van der Waals surface area contributed by atoms with Crippen molar-refractivity contribution in [2.75, 3.05) is 13.1 Å². The fourth-order valence-electron chi connectivity index (χ4n) is 2.40. The van der Waals surface area contributed by atoms with E-state index in [0.29, 0.717) is 18.3 Å². The molecular weight excluding hydrogens is 254 g/mol. The van der Waals surface area contributed by atoms with E-state index in [1.807, 2.05) is 36.1 Å². The maximum absolute atomic E-state index is 7.44. The van der Waals surface area contributed by atoms with Crippen LogP contribution >= 0.6 is 0 Å². The molecule has 0 amide bonds. The normalized spacial score (nSPS) is 18.4. The minimum absolute atomic E-state index is 0.103. The lowest BCUT2D eigenvalue weighted by molar-refractivity contribution is 0.354. The summed E-state index contributed by atoms with van der Waals surface area (Å²) in [6, 6.07) is 8.03. The predicted octanol–water partition coefficient (Wildman–Crippen LogP) is 1.73. The Hall–Kier alpha value is -2.37. The highest BCUT2D eigenvalue weighted by Crippen LogP contribution is 2.27. The van der Waals surface area contributed by atoms with Gasteiger partial charge >= 0.3 is 0 Å². The van der Waals surface area contributed by atoms with Crippen LogP contribution in [0.4, 0.5) is 0 Å². The Bertz CT molecular complexity index is 619. The topological polar surface area (TPSA) is 92.0 Å². The van der Waals surface area contributed by atoms with E-state index in [0.717, 1.165) is 18.5 Å². The molecule has 6 heteroatoms. The van der Waals surface area contributed by atoms with E-state index in [1.165, 1.54) is 5.56 Å². The number of hydrogen-bond acceptors (Lipinski definition) is 4. The molecule has 2 aromatic rings. The summed E-state index contributed by atoms with van der Waals surface area (Å²) in [6.07, 6.45) is 0.884. The van der Waals surface area contributed by atoms with E-state index in [2.05, 4.69) is 10.1 Å². The number of likely N-dealkylation sites (tertiary alicyclic amines) is 1. The molecule has 20 heavy (non-hydrogen) atoms. The van der Waals surface area contributed by atoms with Crippen LogP contribution in [0.2, 0.25) is 0 Å². The van der Waals surface area contributed by atoms with Gasteiger partial charge in [0.05, 0.1) is 5.92 Å². The lowest BCUT2D eigenvalue weighted by Gasteiger charge is -2.14. The first kappa shape index (κ1) is 12.7. The Morgan fingerprint density at radius 3 is 2.80 bits per heavy atom. The second-order valence-corrected chi connectivity index (χ2v) is 5.14. The van der Waals surface area contributed by atoms with Crippen LogP contribution in [0.25, 0.3) is 11.4 Å². The number of rotatable bonds is 2. The van der Waals surface area contributed by atoms with Gasteiger partial charge in [-0.1, -0.05) is 35.0 Å². The Balaban J connectivity index is 1.77. The zero-order chi connectivity index (χ0) is 14.1. The van der Waals surface area contributed by atoms with E-state index in [4.69, 9.17) is 15.7 Å². The molecule has 0 spiro atoms. The van der Waals surface area contributed by atoms with Crippen molar-refractivity contribution >= 4 is 5.96 Å². The quantitative estimate of drug-likeness (QED) is 0.641. The molecule has 104 valence electrons. The molecule has 1 aliphatic heterocycles. The first-order chi connectivity index (χ1) is 9.63. The maximum atomic E-state index is 7.44. The van der Waals surface area contributed by atoms with Gasteiger partial charge in [0.1, 0.15) is 0 Å². The zero-order valence-electron chi connectivity index (χ0n) is 11.3. The highest BCUT2D eigenvalue weighted by atomic mass is 16.5. The van der Waals surface area contributed by atoms with E-state index in [1.54, 1.807) is 0 Å². The van der Waals surface area contributed by atoms with Crippen molar-refractivity contribution in [2.45, 2.75) is 19.3 Å². The fraction of sp³-hybridized carbons (Fsp3) is 0.357. The first-order valence-corrected chi connectivity index (χ1v) is 6.63. The van der Waals surface area contributed by atoms with Crippen LogP contribution in [0, 0.1) is 12.3 Å². The predicted molar refractivity (Wildman–Crippen MR) is 75.3 cm³/mol. The molecule has 0 aliphatic carbocycles. The third-order valence-corrected chi connectivity index (χ3v) is 3.63. The van der Waals surface area contributed by atoms with Gasteiger partial charge in [-0.15, -0.1) is 0 Å². The molecule has 0 saturated carbocycles. The van der Waals surface area contributed by atoms with Crippen LogP contribution in [0.1, 0.15) is 23.8 Å². The standard InChI is InChI=1S/C14H17N5O/c1-9-2-4-10(5-3-9)12-17-13(20-18-12)11-6-7-19(8-11)14(15)16/h2-5,11H,6-8H2,1H3,(H3,15,16)/t11-/m1/s1. The van der Waals surface area contributed by atoms with Crippen LogP contribution in [0.5, 0.6) is 0 Å². The van der Waals surface area contributed by atoms with E-state index >= 15 is 0 Å². The minimum atomic E-state index is 0.103. The summed E-state index contributed by atoms with van der Waals surface area (Å²) in [4.78, 5) is 6.29. The molecule has 1 fully saturated rings. The number of hydrogen-bond donors (Lipinski definition) is 2. The number of nitrogens with one attached hydrogen (secondary N) is 1. The molecule has 6 nitrogen and oxygen atoms in total. The van der Waals surface area contributed by atoms with Crippen LogP contribution in [-0.2, 0) is 0 Å². The Kier molecular flexibility index (Phi) is 3.14. The number of benzene rings is 1. The summed E-state index contributed by atoms with van der Waals surface area (Å²) in [5.74, 6) is 1.50. The molecule has 3 N–H and O–H groups in total. The molecule has 1 aromatic heterocycles. The van der Waals surface area contributed by atoms with Gasteiger partial charge in [0, 0.05) is 18.7 Å². The summed E-state index contributed by atoms with van der Waals surface area (Å²) in [7, 11) is 0. The summed E-state index contributed by atoms with van der Waals surface area (Å²) in [5.41, 5.74) is 7.64. The fourth-order valence-corrected chi connectivity index (χ4v) is 2.40. The molecule has 1 atom stereocenters. The van der Waals surface area contributed by atoms with Crippen LogP contribution in [0.3, 0.4) is 0 Å². The lowest BCUT2D eigenvalue weighted by atomic mass is 10.1. The van der Waals surface area contributed by atoms with Gasteiger partial charge in [0.25, 0.3) is 0 Å². The van der Waals surface area contributed by atoms with Gasteiger partial charge in [0.15, 0.2) is 5.96 Å². The average molecular weight is 271 g/mol. The molecule has 3 rings (SSSR count). The minimum Gasteiger partial charge on any atom is -0.370 e. The van der Waals surface area contributed by atoms with Crippen molar-refractivity contribution in [2.24, 2.45) is 5.73 Å². The summed E-state index contributed by atoms with van der Waals surface area (Å²) in [5, 5.41) is 11.5. The van der Waals surface area contributed by atoms with Gasteiger partial charge in [-0.3, -0.25) is 5.41 Å². The second kappa shape index (κ2) is 4.96. The highest BCUT2D eigenvalue weighted by molar-refractivity contribution is 5.75. The largest absolute Gasteiger partial charge is 0.370 e. The van der Waals surface area contributed by atoms with Crippen LogP contribution in [-0.4, -0.2) is 34.1 Å². The van der Waals surface area contributed by atoms with E-state index < -0.39 is 0 Å². The zero-order valence-corrected chi connectivity index (χ0v) is 11.3. The number of aromatic nitrogens is 2. The lowest BCUT2D eigenvalue weighted by Crippen LogP contribution is -2.34. The SMILES string of the molecule is Cc1ccc(-c2noc([C@@H]3CCN(C(=N)N)C3)n2)cc1. The third-order valence-electron chi connectivity index (χ3n) is 3.63. The second-order valence-electron chi connectivity index (χ2n) is 5.14. The molecule has 1 aromatic carbocycles. The molecule has 1 saturated heterocycles. The molecule has 2 heterocycles. The third kappa shape index (κ3) is 2.36. The van der Waals surface area contributed by atoms with Gasteiger partial charge < -0.3 is 15.2 Å². The maximum Gasteiger partial charge on any atom is 0.231 e. The van der Waals surface area contributed by atoms with Crippen molar-refractivity contribution in [3.8, 4) is 11.4 Å². The van der Waals surface area contributed by atoms with Crippen molar-refractivity contribution in [3.63, 3.8) is 0 Å². The highest BCUT2D eigenvalue weighted by Gasteiger charge is 2.29. The smallest absolute Gasteiger partial charge is 0.231 e. The molecule has 0 radical (unpaired) electrons. The Labute approximate surface area is 117 Å². The number of aryl methyl sites for hydroxylation is 1. The number of nitrogens with two attached hydrogens (primary N) is 1. The van der Waals surface area contributed by atoms with E-state index in [9.17, 15) is 0 Å². The van der Waals surface area contributed by atoms with Gasteiger partial charge in [-0.2, -0.15) is 4.98 Å². The summed E-state index contributed by atoms with van der Waals surface area (Å²) >= 11 is 0. The number of nitrogens with zero attached hydrogens (tertiary/aromatic N) is 3. The van der Waals surface area contributed by atoms with Crippen molar-refractivity contribution in [1.29, 1.82) is 5.41 Å². The van der Waals surface area contributed by atoms with Gasteiger partial charge in [-0.05, 0) is 13.3 Å². The van der Waals surface area contributed by atoms with Gasteiger partial charge in [-0.25, -0.2) is 0 Å². The summed E-state index contributed by atoms with van der Waals surface area (Å²) < 4.78 is 5.36. The Morgan fingerprint density at radius 1 is 1.40 bits per heavy atom. The van der Waals surface area contributed by atoms with E-state index in [-0.39, 0.29) is 11.9 Å². The summed E-state index contributed by atoms with van der Waals surface area (Å²) in [6.45, 7) is 3.48. The van der Waals surface area contributed by atoms with Crippen LogP contribution < -0.4 is 5.73 Å². The van der Waals surface area contributed by atoms with Crippen molar-refractivity contribution in [1.82, 2.24) is 15.0 Å². The molecule has 0 unspecified atom stereocenters. The molecule has 1 aliphatic rings. The molecule has 0 bridgehead atoms. The van der Waals surface area contributed by atoms with Crippen molar-refractivity contribution < 1.29 is 4.52 Å². The van der Waals surface area contributed by atoms with Gasteiger partial charge in [0.2, 0.25) is 11.7 Å².